The highest BCUT2D eigenvalue weighted by Gasteiger charge is 1.76. The molecular formula is C10H11O2-. The molecule has 2 heteroatoms. The lowest BCUT2D eigenvalue weighted by atomic mass is 10.4. The first kappa shape index (κ1) is 10.4. The van der Waals surface area contributed by atoms with Crippen molar-refractivity contribution in [2.75, 3.05) is 0 Å². The number of carbonyl (C=O) groups excluding carboxylic acids is 1. The van der Waals surface area contributed by atoms with E-state index in [0.29, 0.717) is 0 Å². The summed E-state index contributed by atoms with van der Waals surface area (Å²) in [6, 6.07) is 12.0. The third kappa shape index (κ3) is 6.55. The SMILES string of the molecule is C=C(C)C(=O)[O-].c1ccccc1. The van der Waals surface area contributed by atoms with Crippen molar-refractivity contribution in [3.05, 3.63) is 48.6 Å². The minimum absolute atomic E-state index is 0.0648. The number of benzene rings is 1. The van der Waals surface area contributed by atoms with Crippen molar-refractivity contribution in [3.8, 4) is 0 Å². The van der Waals surface area contributed by atoms with Crippen molar-refractivity contribution < 1.29 is 9.90 Å². The van der Waals surface area contributed by atoms with Gasteiger partial charge in [-0.15, -0.1) is 0 Å². The van der Waals surface area contributed by atoms with Crippen molar-refractivity contribution >= 4 is 5.97 Å². The van der Waals surface area contributed by atoms with E-state index in [1.807, 2.05) is 36.4 Å². The molecule has 0 amide bonds. The summed E-state index contributed by atoms with van der Waals surface area (Å²) in [7, 11) is 0. The van der Waals surface area contributed by atoms with Crippen LogP contribution in [0.5, 0.6) is 0 Å². The van der Waals surface area contributed by atoms with E-state index in [4.69, 9.17) is 0 Å². The minimum Gasteiger partial charge on any atom is -0.545 e. The van der Waals surface area contributed by atoms with E-state index in [1.54, 1.807) is 0 Å². The summed E-state index contributed by atoms with van der Waals surface area (Å²) in [5, 5.41) is 9.49. The van der Waals surface area contributed by atoms with Crippen molar-refractivity contribution in [1.82, 2.24) is 0 Å². The lowest BCUT2D eigenvalue weighted by Gasteiger charge is -1.93. The Morgan fingerprint density at radius 3 is 1.33 bits per heavy atom. The van der Waals surface area contributed by atoms with Crippen LogP contribution in [0.1, 0.15) is 6.92 Å². The Morgan fingerprint density at radius 2 is 1.25 bits per heavy atom. The van der Waals surface area contributed by atoms with Gasteiger partial charge in [-0.05, 0) is 12.5 Å². The van der Waals surface area contributed by atoms with Gasteiger partial charge in [0.2, 0.25) is 0 Å². The topological polar surface area (TPSA) is 40.1 Å². The van der Waals surface area contributed by atoms with Crippen LogP contribution >= 0.6 is 0 Å². The number of rotatable bonds is 1. The molecule has 0 radical (unpaired) electrons. The predicted octanol–water partition coefficient (Wildman–Crippen LogP) is 0.999. The summed E-state index contributed by atoms with van der Waals surface area (Å²) in [4.78, 5) is 9.49. The Morgan fingerprint density at radius 1 is 1.08 bits per heavy atom. The van der Waals surface area contributed by atoms with Gasteiger partial charge in [0.05, 0.1) is 5.97 Å². The molecule has 1 aromatic rings. The quantitative estimate of drug-likeness (QED) is 0.579. The Kier molecular flexibility index (Phi) is 5.35. The second kappa shape index (κ2) is 6.16. The maximum absolute atomic E-state index is 9.49. The Bertz CT molecular complexity index is 201. The zero-order valence-corrected chi connectivity index (χ0v) is 6.99. The van der Waals surface area contributed by atoms with Crippen molar-refractivity contribution in [3.63, 3.8) is 0 Å². The first-order valence-corrected chi connectivity index (χ1v) is 3.51. The average molecular weight is 163 g/mol. The van der Waals surface area contributed by atoms with E-state index in [2.05, 4.69) is 6.58 Å². The average Bonchev–Trinajstić information content (AvgIpc) is 2.08. The van der Waals surface area contributed by atoms with Gasteiger partial charge in [-0.2, -0.15) is 0 Å². The lowest BCUT2D eigenvalue weighted by Crippen LogP contribution is -2.22. The van der Waals surface area contributed by atoms with Gasteiger partial charge < -0.3 is 9.90 Å². The van der Waals surface area contributed by atoms with E-state index >= 15 is 0 Å². The van der Waals surface area contributed by atoms with Crippen LogP contribution in [0.15, 0.2) is 48.6 Å². The zero-order valence-electron chi connectivity index (χ0n) is 6.99. The molecular weight excluding hydrogens is 152 g/mol. The Hall–Kier alpha value is -1.57. The maximum atomic E-state index is 9.49. The summed E-state index contributed by atoms with van der Waals surface area (Å²) >= 11 is 0. The first-order chi connectivity index (χ1) is 5.64. The van der Waals surface area contributed by atoms with E-state index < -0.39 is 5.97 Å². The molecule has 0 heterocycles. The molecule has 0 fully saturated rings. The largest absolute Gasteiger partial charge is 0.545 e. The molecule has 1 aromatic carbocycles. The molecule has 0 aromatic heterocycles. The molecule has 0 bridgehead atoms. The van der Waals surface area contributed by atoms with Crippen molar-refractivity contribution in [1.29, 1.82) is 0 Å². The molecule has 0 aliphatic heterocycles. The van der Waals surface area contributed by atoms with Gasteiger partial charge in [-0.3, -0.25) is 0 Å². The fourth-order valence-corrected chi connectivity index (χ4v) is 0.385. The number of hydrogen-bond acceptors (Lipinski definition) is 2. The molecule has 12 heavy (non-hydrogen) atoms. The van der Waals surface area contributed by atoms with E-state index in [9.17, 15) is 9.90 Å². The van der Waals surface area contributed by atoms with Crippen LogP contribution in [0.25, 0.3) is 0 Å². The van der Waals surface area contributed by atoms with Gasteiger partial charge in [-0.25, -0.2) is 0 Å². The second-order valence-corrected chi connectivity index (χ2v) is 2.22. The highest BCUT2D eigenvalue weighted by molar-refractivity contribution is 5.82. The van der Waals surface area contributed by atoms with Crippen LogP contribution in [0, 0.1) is 0 Å². The highest BCUT2D eigenvalue weighted by Crippen LogP contribution is 1.80. The highest BCUT2D eigenvalue weighted by atomic mass is 16.4. The fourth-order valence-electron chi connectivity index (χ4n) is 0.385. The molecule has 0 aliphatic rings. The second-order valence-electron chi connectivity index (χ2n) is 2.22. The summed E-state index contributed by atoms with van der Waals surface area (Å²) < 4.78 is 0. The number of hydrogen-bond donors (Lipinski definition) is 0. The van der Waals surface area contributed by atoms with Crippen LogP contribution in [0.4, 0.5) is 0 Å². The predicted molar refractivity (Wildman–Crippen MR) is 46.3 cm³/mol. The monoisotopic (exact) mass is 163 g/mol. The standard InChI is InChI=1S/C6H6.C4H6O2/c1-2-4-6-5-3-1;1-3(2)4(5)6/h1-6H;1H2,2H3,(H,5,6)/p-1. The maximum Gasteiger partial charge on any atom is 0.0666 e. The molecule has 0 aliphatic carbocycles. The minimum atomic E-state index is -1.19. The van der Waals surface area contributed by atoms with Gasteiger partial charge in [0.1, 0.15) is 0 Å². The Balaban J connectivity index is 0.000000202. The Labute approximate surface area is 72.2 Å². The first-order valence-electron chi connectivity index (χ1n) is 3.51. The summed E-state index contributed by atoms with van der Waals surface area (Å²) in [5.41, 5.74) is 0.0648. The van der Waals surface area contributed by atoms with E-state index in [-0.39, 0.29) is 5.57 Å². The molecule has 64 valence electrons. The van der Waals surface area contributed by atoms with Crippen LogP contribution in [-0.2, 0) is 4.79 Å². The lowest BCUT2D eigenvalue weighted by molar-refractivity contribution is -0.299. The van der Waals surface area contributed by atoms with Crippen LogP contribution in [0.2, 0.25) is 0 Å². The van der Waals surface area contributed by atoms with E-state index in [1.165, 1.54) is 6.92 Å². The third-order valence-corrected chi connectivity index (χ3v) is 1.02. The molecule has 0 N–H and O–H groups in total. The van der Waals surface area contributed by atoms with Crippen molar-refractivity contribution in [2.24, 2.45) is 0 Å². The summed E-state index contributed by atoms with van der Waals surface area (Å²) in [6.45, 7) is 4.48. The normalized spacial score (nSPS) is 7.75. The van der Waals surface area contributed by atoms with Gasteiger partial charge in [0.25, 0.3) is 0 Å². The molecule has 0 unspecified atom stereocenters. The van der Waals surface area contributed by atoms with Crippen LogP contribution in [-0.4, -0.2) is 5.97 Å². The summed E-state index contributed by atoms with van der Waals surface area (Å²) in [5.74, 6) is -1.19. The molecule has 0 saturated carbocycles. The smallest absolute Gasteiger partial charge is 0.0666 e. The van der Waals surface area contributed by atoms with Crippen molar-refractivity contribution in [2.45, 2.75) is 6.92 Å². The van der Waals surface area contributed by atoms with Gasteiger partial charge in [-0.1, -0.05) is 43.0 Å². The van der Waals surface area contributed by atoms with Gasteiger partial charge >= 0.3 is 0 Å². The number of aliphatic carboxylic acids is 1. The third-order valence-electron chi connectivity index (χ3n) is 1.02. The molecule has 0 saturated heterocycles. The number of carboxylic acids is 1. The fraction of sp³-hybridized carbons (Fsp3) is 0.100. The zero-order chi connectivity index (χ0) is 9.40. The van der Waals surface area contributed by atoms with E-state index in [0.717, 1.165) is 0 Å². The molecule has 2 nitrogen and oxygen atoms in total. The van der Waals surface area contributed by atoms with Gasteiger partial charge in [0.15, 0.2) is 0 Å². The summed E-state index contributed by atoms with van der Waals surface area (Å²) in [6.07, 6.45) is 0. The number of carboxylic acid groups (broad SMARTS) is 1. The van der Waals surface area contributed by atoms with Crippen LogP contribution < -0.4 is 5.11 Å². The van der Waals surface area contributed by atoms with Crippen LogP contribution in [0.3, 0.4) is 0 Å². The van der Waals surface area contributed by atoms with Gasteiger partial charge in [0, 0.05) is 0 Å². The molecule has 0 spiro atoms. The molecule has 1 rings (SSSR count). The number of carbonyl (C=O) groups is 1. The molecule has 0 atom stereocenters.